The number of aromatic nitrogens is 1. The molecule has 1 aromatic heterocycles. The Balaban J connectivity index is 2.00. The summed E-state index contributed by atoms with van der Waals surface area (Å²) in [6.45, 7) is 10.5. The highest BCUT2D eigenvalue weighted by Crippen LogP contribution is 2.60. The summed E-state index contributed by atoms with van der Waals surface area (Å²) in [5.74, 6) is 0.558. The number of pyridine rings is 1. The molecule has 2 aliphatic rings. The zero-order valence-electron chi connectivity index (χ0n) is 15.8. The SMILES string of the molecule is C=CC1(C)c2ccccc2N2c3ncc(C(F)(F)F)cc3N(C)C2C1(C)C. The lowest BCUT2D eigenvalue weighted by atomic mass is 9.58. The summed E-state index contributed by atoms with van der Waals surface area (Å²) in [5.41, 5.74) is 1.13. The molecule has 0 amide bonds. The lowest BCUT2D eigenvalue weighted by molar-refractivity contribution is -0.137. The van der Waals surface area contributed by atoms with Crippen LogP contribution >= 0.6 is 0 Å². The number of alkyl halides is 3. The fraction of sp³-hybridized carbons (Fsp3) is 0.381. The van der Waals surface area contributed by atoms with Gasteiger partial charge < -0.3 is 9.80 Å². The van der Waals surface area contributed by atoms with Gasteiger partial charge in [-0.15, -0.1) is 6.58 Å². The number of hydrogen-bond acceptors (Lipinski definition) is 3. The van der Waals surface area contributed by atoms with E-state index in [2.05, 4.69) is 43.3 Å². The second-order valence-electron chi connectivity index (χ2n) is 8.06. The van der Waals surface area contributed by atoms with Gasteiger partial charge in [-0.1, -0.05) is 45.0 Å². The minimum absolute atomic E-state index is 0.179. The highest BCUT2D eigenvalue weighted by atomic mass is 19.4. The van der Waals surface area contributed by atoms with Crippen molar-refractivity contribution in [2.45, 2.75) is 38.5 Å². The number of para-hydroxylation sites is 1. The monoisotopic (exact) mass is 373 g/mol. The highest BCUT2D eigenvalue weighted by Gasteiger charge is 2.58. The van der Waals surface area contributed by atoms with E-state index >= 15 is 0 Å². The number of allylic oxidation sites excluding steroid dienone is 1. The predicted octanol–water partition coefficient (Wildman–Crippen LogP) is 5.50. The molecule has 2 aromatic rings. The van der Waals surface area contributed by atoms with Gasteiger partial charge in [0.15, 0.2) is 5.82 Å². The summed E-state index contributed by atoms with van der Waals surface area (Å²) in [7, 11) is 1.84. The first-order chi connectivity index (χ1) is 12.5. The van der Waals surface area contributed by atoms with Crippen molar-refractivity contribution in [1.29, 1.82) is 0 Å². The van der Waals surface area contributed by atoms with Crippen LogP contribution in [0.1, 0.15) is 31.9 Å². The predicted molar refractivity (Wildman–Crippen MR) is 101 cm³/mol. The van der Waals surface area contributed by atoms with Crippen LogP contribution in [0.3, 0.4) is 0 Å². The fourth-order valence-electron chi connectivity index (χ4n) is 4.63. The van der Waals surface area contributed by atoms with Crippen LogP contribution in [-0.2, 0) is 11.6 Å². The molecule has 0 spiro atoms. The lowest BCUT2D eigenvalue weighted by Crippen LogP contribution is -2.60. The van der Waals surface area contributed by atoms with E-state index in [0.717, 1.165) is 17.4 Å². The van der Waals surface area contributed by atoms with E-state index in [1.165, 1.54) is 6.07 Å². The van der Waals surface area contributed by atoms with E-state index in [1.54, 1.807) is 0 Å². The van der Waals surface area contributed by atoms with E-state index < -0.39 is 11.7 Å². The van der Waals surface area contributed by atoms with Crippen LogP contribution < -0.4 is 9.80 Å². The summed E-state index contributed by atoms with van der Waals surface area (Å²) in [5, 5.41) is 0. The molecular formula is C21H22F3N3. The standard InChI is InChI=1S/C21H22F3N3/c1-6-20(4)14-9-7-8-10-15(14)27-17-16(26(5)18(27)19(20,2)3)11-13(12-25-17)21(22,23)24/h6-12,18H,1H2,2-5H3. The van der Waals surface area contributed by atoms with Crippen LogP contribution in [0.5, 0.6) is 0 Å². The number of benzene rings is 1. The molecule has 0 radical (unpaired) electrons. The van der Waals surface area contributed by atoms with Crippen LogP contribution in [0, 0.1) is 5.41 Å². The third-order valence-electron chi connectivity index (χ3n) is 6.51. The molecule has 1 aromatic carbocycles. The molecule has 2 atom stereocenters. The minimum Gasteiger partial charge on any atom is -0.350 e. The van der Waals surface area contributed by atoms with Gasteiger partial charge in [0.1, 0.15) is 6.17 Å². The number of nitrogens with zero attached hydrogens (tertiary/aromatic N) is 3. The minimum atomic E-state index is -4.42. The molecule has 4 rings (SSSR count). The first-order valence-electron chi connectivity index (χ1n) is 8.86. The number of anilines is 3. The smallest absolute Gasteiger partial charge is 0.350 e. The average Bonchev–Trinajstić information content (AvgIpc) is 2.92. The first kappa shape index (κ1) is 17.9. The lowest BCUT2D eigenvalue weighted by Gasteiger charge is -2.56. The number of hydrogen-bond donors (Lipinski definition) is 0. The summed E-state index contributed by atoms with van der Waals surface area (Å²) in [6.07, 6.45) is -1.73. The normalized spacial score (nSPS) is 25.7. The van der Waals surface area contributed by atoms with Crippen LogP contribution in [0.25, 0.3) is 0 Å². The van der Waals surface area contributed by atoms with Gasteiger partial charge in [0.2, 0.25) is 0 Å². The summed E-state index contributed by atoms with van der Waals surface area (Å²) in [4.78, 5) is 8.21. The zero-order valence-corrected chi connectivity index (χ0v) is 15.8. The van der Waals surface area contributed by atoms with Gasteiger partial charge in [-0.2, -0.15) is 13.2 Å². The molecule has 27 heavy (non-hydrogen) atoms. The molecule has 0 saturated carbocycles. The summed E-state index contributed by atoms with van der Waals surface area (Å²) in [6, 6.07) is 9.20. The number of rotatable bonds is 1. The Bertz CT molecular complexity index is 935. The van der Waals surface area contributed by atoms with Crippen molar-refractivity contribution in [1.82, 2.24) is 4.98 Å². The van der Waals surface area contributed by atoms with E-state index in [4.69, 9.17) is 0 Å². The van der Waals surface area contributed by atoms with Crippen molar-refractivity contribution in [3.05, 3.63) is 60.3 Å². The molecule has 3 heterocycles. The molecule has 142 valence electrons. The molecule has 0 N–H and O–H groups in total. The van der Waals surface area contributed by atoms with Crippen molar-refractivity contribution in [3.63, 3.8) is 0 Å². The largest absolute Gasteiger partial charge is 0.417 e. The summed E-state index contributed by atoms with van der Waals surface area (Å²) < 4.78 is 39.7. The number of fused-ring (bicyclic) bond motifs is 5. The Hall–Kier alpha value is -2.50. The summed E-state index contributed by atoms with van der Waals surface area (Å²) >= 11 is 0. The topological polar surface area (TPSA) is 19.4 Å². The Morgan fingerprint density at radius 3 is 2.44 bits per heavy atom. The molecule has 0 aliphatic carbocycles. The van der Waals surface area contributed by atoms with E-state index in [0.29, 0.717) is 11.5 Å². The van der Waals surface area contributed by atoms with Crippen molar-refractivity contribution >= 4 is 17.2 Å². The van der Waals surface area contributed by atoms with Gasteiger partial charge in [-0.05, 0) is 17.7 Å². The third kappa shape index (κ3) is 2.12. The first-order valence-corrected chi connectivity index (χ1v) is 8.86. The van der Waals surface area contributed by atoms with Crippen LogP contribution in [-0.4, -0.2) is 18.2 Å². The molecule has 2 unspecified atom stereocenters. The van der Waals surface area contributed by atoms with Crippen molar-refractivity contribution in [2.75, 3.05) is 16.8 Å². The van der Waals surface area contributed by atoms with Gasteiger partial charge in [-0.3, -0.25) is 0 Å². The van der Waals surface area contributed by atoms with Crippen molar-refractivity contribution < 1.29 is 13.2 Å². The van der Waals surface area contributed by atoms with Gasteiger partial charge in [0.05, 0.1) is 11.3 Å². The van der Waals surface area contributed by atoms with Crippen molar-refractivity contribution in [3.8, 4) is 0 Å². The second-order valence-corrected chi connectivity index (χ2v) is 8.06. The highest BCUT2D eigenvalue weighted by molar-refractivity contribution is 5.84. The quantitative estimate of drug-likeness (QED) is 0.616. The zero-order chi connectivity index (χ0) is 19.8. The van der Waals surface area contributed by atoms with E-state index in [-0.39, 0.29) is 17.0 Å². The van der Waals surface area contributed by atoms with Gasteiger partial charge in [0, 0.05) is 29.8 Å². The Morgan fingerprint density at radius 1 is 1.15 bits per heavy atom. The molecule has 6 heteroatoms. The van der Waals surface area contributed by atoms with Gasteiger partial charge in [-0.25, -0.2) is 4.98 Å². The van der Waals surface area contributed by atoms with Crippen LogP contribution in [0.15, 0.2) is 49.2 Å². The Labute approximate surface area is 157 Å². The molecular weight excluding hydrogens is 351 g/mol. The molecule has 2 aliphatic heterocycles. The van der Waals surface area contributed by atoms with E-state index in [9.17, 15) is 13.2 Å². The number of halogens is 3. The fourth-order valence-corrected chi connectivity index (χ4v) is 4.63. The molecule has 0 fully saturated rings. The van der Waals surface area contributed by atoms with Gasteiger partial charge in [0.25, 0.3) is 0 Å². The second kappa shape index (κ2) is 5.27. The maximum absolute atomic E-state index is 13.2. The Kier molecular flexibility index (Phi) is 3.49. The third-order valence-corrected chi connectivity index (χ3v) is 6.51. The molecule has 3 nitrogen and oxygen atoms in total. The maximum Gasteiger partial charge on any atom is 0.417 e. The molecule has 0 saturated heterocycles. The van der Waals surface area contributed by atoms with Crippen LogP contribution in [0.4, 0.5) is 30.4 Å². The maximum atomic E-state index is 13.2. The van der Waals surface area contributed by atoms with Crippen LogP contribution in [0.2, 0.25) is 0 Å². The Morgan fingerprint density at radius 2 is 1.81 bits per heavy atom. The van der Waals surface area contributed by atoms with Crippen molar-refractivity contribution in [2.24, 2.45) is 5.41 Å². The average molecular weight is 373 g/mol. The van der Waals surface area contributed by atoms with E-state index in [1.807, 2.05) is 36.2 Å². The van der Waals surface area contributed by atoms with Gasteiger partial charge >= 0.3 is 6.18 Å². The molecule has 0 bridgehead atoms.